The van der Waals surface area contributed by atoms with E-state index in [4.69, 9.17) is 4.99 Å². The quantitative estimate of drug-likeness (QED) is 0.242. The van der Waals surface area contributed by atoms with Crippen molar-refractivity contribution in [2.24, 2.45) is 10.9 Å². The van der Waals surface area contributed by atoms with Gasteiger partial charge < -0.3 is 15.1 Å². The van der Waals surface area contributed by atoms with Gasteiger partial charge in [-0.2, -0.15) is 0 Å². The van der Waals surface area contributed by atoms with E-state index >= 15 is 0 Å². The molecule has 0 aromatic heterocycles. The van der Waals surface area contributed by atoms with Crippen LogP contribution in [0.5, 0.6) is 0 Å². The number of nitrogens with one attached hydrogen (secondary N) is 1. The molecule has 1 N–H and O–H groups in total. The van der Waals surface area contributed by atoms with Gasteiger partial charge in [0.05, 0.1) is 0 Å². The summed E-state index contributed by atoms with van der Waals surface area (Å²) in [5, 5.41) is 3.44. The van der Waals surface area contributed by atoms with E-state index in [1.807, 2.05) is 17.0 Å². The monoisotopic (exact) mass is 546 g/mol. The SMILES string of the molecule is CCNC(=NCCCC(=O)N1Cc2ccccc2C1)N1CCC(Cc2ccccc2)C1.I. The second-order valence-electron chi connectivity index (χ2n) is 8.65. The number of halogens is 1. The first-order chi connectivity index (χ1) is 15.2. The molecular weight excluding hydrogens is 511 g/mol. The first kappa shape index (κ1) is 24.6. The Balaban J connectivity index is 0.00000289. The van der Waals surface area contributed by atoms with E-state index in [0.717, 1.165) is 51.5 Å². The Morgan fingerprint density at radius 2 is 1.72 bits per heavy atom. The minimum atomic E-state index is 0. The molecule has 0 radical (unpaired) electrons. The molecule has 5 nitrogen and oxygen atoms in total. The van der Waals surface area contributed by atoms with Crippen molar-refractivity contribution >= 4 is 35.8 Å². The van der Waals surface area contributed by atoms with Crippen LogP contribution in [0.25, 0.3) is 0 Å². The van der Waals surface area contributed by atoms with E-state index in [0.29, 0.717) is 18.9 Å². The number of aliphatic imine (C=N–C) groups is 1. The lowest BCUT2D eigenvalue weighted by Crippen LogP contribution is -2.40. The third-order valence-electron chi connectivity index (χ3n) is 6.29. The highest BCUT2D eigenvalue weighted by Gasteiger charge is 2.25. The molecule has 0 saturated carbocycles. The Kier molecular flexibility index (Phi) is 9.38. The van der Waals surface area contributed by atoms with Crippen LogP contribution < -0.4 is 5.32 Å². The largest absolute Gasteiger partial charge is 0.357 e. The van der Waals surface area contributed by atoms with Gasteiger partial charge in [-0.05, 0) is 48.8 Å². The van der Waals surface area contributed by atoms with Crippen molar-refractivity contribution in [3.63, 3.8) is 0 Å². The Labute approximate surface area is 209 Å². The average Bonchev–Trinajstić information content (AvgIpc) is 3.43. The van der Waals surface area contributed by atoms with Crippen LogP contribution in [-0.2, 0) is 24.3 Å². The number of carbonyl (C=O) groups excluding carboxylic acids is 1. The number of amides is 1. The molecule has 1 atom stereocenters. The van der Waals surface area contributed by atoms with Crippen molar-refractivity contribution < 1.29 is 4.79 Å². The lowest BCUT2D eigenvalue weighted by Gasteiger charge is -2.22. The Morgan fingerprint density at radius 1 is 1.03 bits per heavy atom. The van der Waals surface area contributed by atoms with Crippen molar-refractivity contribution in [3.8, 4) is 0 Å². The molecule has 172 valence electrons. The fraction of sp³-hybridized carbons (Fsp3) is 0.462. The Bertz CT molecular complexity index is 877. The summed E-state index contributed by atoms with van der Waals surface area (Å²) >= 11 is 0. The second-order valence-corrected chi connectivity index (χ2v) is 8.65. The van der Waals surface area contributed by atoms with E-state index in [2.05, 4.69) is 59.6 Å². The molecule has 32 heavy (non-hydrogen) atoms. The fourth-order valence-electron chi connectivity index (χ4n) is 4.65. The van der Waals surface area contributed by atoms with Crippen molar-refractivity contribution in [3.05, 3.63) is 71.3 Å². The summed E-state index contributed by atoms with van der Waals surface area (Å²) in [4.78, 5) is 21.8. The van der Waals surface area contributed by atoms with Crippen molar-refractivity contribution in [2.45, 2.75) is 45.7 Å². The van der Waals surface area contributed by atoms with Gasteiger partial charge in [-0.3, -0.25) is 9.79 Å². The standard InChI is InChI=1S/C26H34N4O.HI/c1-2-27-26(29-16-14-22(18-29)17-21-9-4-3-5-10-21)28-15-8-13-25(31)30-19-23-11-6-7-12-24(23)20-30;/h3-7,9-12,22H,2,8,13-20H2,1H3,(H,27,28);1H. The summed E-state index contributed by atoms with van der Waals surface area (Å²) in [6.45, 7) is 7.26. The third kappa shape index (κ3) is 6.47. The molecule has 1 unspecified atom stereocenters. The van der Waals surface area contributed by atoms with Crippen molar-refractivity contribution in [2.75, 3.05) is 26.2 Å². The van der Waals surface area contributed by atoms with Gasteiger partial charge in [0.15, 0.2) is 5.96 Å². The van der Waals surface area contributed by atoms with E-state index in [9.17, 15) is 4.79 Å². The molecule has 6 heteroatoms. The van der Waals surface area contributed by atoms with E-state index in [1.54, 1.807) is 0 Å². The minimum Gasteiger partial charge on any atom is -0.357 e. The van der Waals surface area contributed by atoms with Crippen LogP contribution >= 0.6 is 24.0 Å². The van der Waals surface area contributed by atoms with Gasteiger partial charge in [0.25, 0.3) is 0 Å². The lowest BCUT2D eigenvalue weighted by atomic mass is 9.99. The number of benzene rings is 2. The van der Waals surface area contributed by atoms with Crippen molar-refractivity contribution in [1.82, 2.24) is 15.1 Å². The number of hydrogen-bond acceptors (Lipinski definition) is 2. The summed E-state index contributed by atoms with van der Waals surface area (Å²) in [5.74, 6) is 1.91. The van der Waals surface area contributed by atoms with Gasteiger partial charge in [0, 0.05) is 45.7 Å². The molecule has 2 aliphatic rings. The molecule has 0 aliphatic carbocycles. The zero-order valence-corrected chi connectivity index (χ0v) is 21.3. The highest BCUT2D eigenvalue weighted by molar-refractivity contribution is 14.0. The average molecular weight is 546 g/mol. The third-order valence-corrected chi connectivity index (χ3v) is 6.29. The first-order valence-corrected chi connectivity index (χ1v) is 11.6. The summed E-state index contributed by atoms with van der Waals surface area (Å²) in [5.41, 5.74) is 3.98. The van der Waals surface area contributed by atoms with Gasteiger partial charge in [-0.1, -0.05) is 54.6 Å². The molecule has 0 bridgehead atoms. The highest BCUT2D eigenvalue weighted by Crippen LogP contribution is 2.23. The zero-order chi connectivity index (χ0) is 21.5. The van der Waals surface area contributed by atoms with E-state index in [-0.39, 0.29) is 29.9 Å². The number of carbonyl (C=O) groups is 1. The van der Waals surface area contributed by atoms with Crippen LogP contribution in [-0.4, -0.2) is 47.8 Å². The lowest BCUT2D eigenvalue weighted by molar-refractivity contribution is -0.131. The molecule has 1 fully saturated rings. The van der Waals surface area contributed by atoms with E-state index in [1.165, 1.54) is 23.1 Å². The number of likely N-dealkylation sites (tertiary alicyclic amines) is 1. The number of nitrogens with zero attached hydrogens (tertiary/aromatic N) is 3. The maximum Gasteiger partial charge on any atom is 0.223 e. The van der Waals surface area contributed by atoms with Crippen LogP contribution in [0.4, 0.5) is 0 Å². The van der Waals surface area contributed by atoms with Gasteiger partial charge in [0.1, 0.15) is 0 Å². The molecule has 2 aliphatic heterocycles. The summed E-state index contributed by atoms with van der Waals surface area (Å²) in [6, 6.07) is 19.1. The molecule has 4 rings (SSSR count). The topological polar surface area (TPSA) is 47.9 Å². The van der Waals surface area contributed by atoms with Crippen LogP contribution in [0, 0.1) is 5.92 Å². The maximum absolute atomic E-state index is 12.6. The fourth-order valence-corrected chi connectivity index (χ4v) is 4.65. The number of rotatable bonds is 7. The molecular formula is C26H35IN4O. The highest BCUT2D eigenvalue weighted by atomic mass is 127. The number of fused-ring (bicyclic) bond motifs is 1. The van der Waals surface area contributed by atoms with Gasteiger partial charge in [-0.25, -0.2) is 0 Å². The van der Waals surface area contributed by atoms with Crippen LogP contribution in [0.1, 0.15) is 42.9 Å². The Hall–Kier alpha value is -2.09. The van der Waals surface area contributed by atoms with Crippen LogP contribution in [0.2, 0.25) is 0 Å². The Morgan fingerprint density at radius 3 is 2.41 bits per heavy atom. The van der Waals surface area contributed by atoms with E-state index < -0.39 is 0 Å². The molecule has 2 aromatic rings. The summed E-state index contributed by atoms with van der Waals surface area (Å²) in [6.07, 6.45) is 3.69. The molecule has 0 spiro atoms. The van der Waals surface area contributed by atoms with Crippen LogP contribution in [0.15, 0.2) is 59.6 Å². The smallest absolute Gasteiger partial charge is 0.223 e. The zero-order valence-electron chi connectivity index (χ0n) is 19.0. The summed E-state index contributed by atoms with van der Waals surface area (Å²) in [7, 11) is 0. The van der Waals surface area contributed by atoms with Gasteiger partial charge >= 0.3 is 0 Å². The van der Waals surface area contributed by atoms with Crippen LogP contribution in [0.3, 0.4) is 0 Å². The first-order valence-electron chi connectivity index (χ1n) is 11.6. The predicted molar refractivity (Wildman–Crippen MR) is 141 cm³/mol. The van der Waals surface area contributed by atoms with Crippen molar-refractivity contribution in [1.29, 1.82) is 0 Å². The predicted octanol–water partition coefficient (Wildman–Crippen LogP) is 4.46. The van der Waals surface area contributed by atoms with Gasteiger partial charge in [0.2, 0.25) is 5.91 Å². The maximum atomic E-state index is 12.6. The number of hydrogen-bond donors (Lipinski definition) is 1. The second kappa shape index (κ2) is 12.2. The normalized spacial score (nSPS) is 17.8. The molecule has 1 saturated heterocycles. The molecule has 1 amide bonds. The number of guanidine groups is 1. The molecule has 2 aromatic carbocycles. The summed E-state index contributed by atoms with van der Waals surface area (Å²) < 4.78 is 0. The minimum absolute atomic E-state index is 0. The molecule has 2 heterocycles. The van der Waals surface area contributed by atoms with Gasteiger partial charge in [-0.15, -0.1) is 24.0 Å².